The average Bonchev–Trinajstić information content (AvgIpc) is 3.30. The Kier molecular flexibility index (Phi) is 8.42. The minimum atomic E-state index is -4.42. The maximum atomic E-state index is 13.2. The third-order valence-corrected chi connectivity index (χ3v) is 11.1. The first-order valence-corrected chi connectivity index (χ1v) is 15.9. The molecule has 2 aliphatic carbocycles. The number of benzene rings is 2. The van der Waals surface area contributed by atoms with Crippen LogP contribution in [0.2, 0.25) is 0 Å². The Morgan fingerprint density at radius 1 is 0.882 bits per heavy atom. The highest BCUT2D eigenvalue weighted by atomic mass is 127. The van der Waals surface area contributed by atoms with E-state index in [1.807, 2.05) is 0 Å². The fourth-order valence-electron chi connectivity index (χ4n) is 4.79. The third-order valence-electron chi connectivity index (χ3n) is 6.07. The number of hydrogen-bond acceptors (Lipinski definition) is 6. The number of rotatable bonds is 5. The lowest BCUT2D eigenvalue weighted by Gasteiger charge is -2.28. The molecule has 2 fully saturated rings. The fraction of sp³-hybridized carbons (Fsp3) is 0.333. The van der Waals surface area contributed by atoms with Gasteiger partial charge in [0.05, 0.1) is 20.8 Å². The molecule has 4 atom stereocenters. The summed E-state index contributed by atoms with van der Waals surface area (Å²) in [5.74, 6) is -1.78. The van der Waals surface area contributed by atoms with Crippen molar-refractivity contribution in [3.8, 4) is 11.5 Å². The molecule has 34 heavy (non-hydrogen) atoms. The molecule has 2 aliphatic rings. The van der Waals surface area contributed by atoms with Crippen molar-refractivity contribution in [2.24, 2.45) is 23.7 Å². The van der Waals surface area contributed by atoms with Gasteiger partial charge in [-0.2, -0.15) is 8.42 Å². The van der Waals surface area contributed by atoms with Gasteiger partial charge in [-0.1, -0.05) is 15.9 Å². The van der Waals surface area contributed by atoms with Crippen LogP contribution in [0.15, 0.2) is 42.6 Å². The number of carbonyl (C=O) groups is 2. The van der Waals surface area contributed by atoms with Crippen LogP contribution in [0.25, 0.3) is 0 Å². The van der Waals surface area contributed by atoms with E-state index in [9.17, 15) is 22.6 Å². The van der Waals surface area contributed by atoms with Crippen LogP contribution in [0.4, 0.5) is 0 Å². The van der Waals surface area contributed by atoms with E-state index in [1.165, 1.54) is 12.1 Å². The predicted octanol–water partition coefficient (Wildman–Crippen LogP) is 6.60. The van der Waals surface area contributed by atoms with Crippen LogP contribution >= 0.6 is 93.0 Å². The van der Waals surface area contributed by atoms with E-state index in [0.717, 1.165) is 23.7 Å². The van der Waals surface area contributed by atoms with Crippen molar-refractivity contribution < 1.29 is 32.0 Å². The summed E-state index contributed by atoms with van der Waals surface area (Å²) in [6.07, 6.45) is 2.42. The third kappa shape index (κ3) is 5.54. The zero-order chi connectivity index (χ0) is 24.9. The molecule has 0 spiro atoms. The molecule has 4 unspecified atom stereocenters. The zero-order valence-corrected chi connectivity index (χ0v) is 26.8. The van der Waals surface area contributed by atoms with Crippen LogP contribution < -0.4 is 9.47 Å². The molecule has 7 nitrogen and oxygen atoms in total. The molecule has 1 N–H and O–H groups in total. The van der Waals surface area contributed by atoms with Gasteiger partial charge in [0.15, 0.2) is 5.75 Å². The predicted molar refractivity (Wildman–Crippen MR) is 150 cm³/mol. The summed E-state index contributed by atoms with van der Waals surface area (Å²) in [4.78, 5) is 26.2. The summed E-state index contributed by atoms with van der Waals surface area (Å²) in [5.41, 5.74) is 0. The molecule has 13 heteroatoms. The van der Waals surface area contributed by atoms with Gasteiger partial charge in [0.25, 0.3) is 10.1 Å². The van der Waals surface area contributed by atoms with Crippen molar-refractivity contribution in [2.75, 3.05) is 0 Å². The second kappa shape index (κ2) is 10.5. The van der Waals surface area contributed by atoms with Crippen molar-refractivity contribution >= 4 is 115 Å². The molecule has 0 amide bonds. The number of ether oxygens (including phenoxy) is 2. The van der Waals surface area contributed by atoms with Crippen molar-refractivity contribution in [1.82, 2.24) is 0 Å². The standard InChI is InChI=1S/C21H15Br3I2O7S/c22-10-4-12(23)18(13(24)5-10)33-21(28)17-9-2-1-8(3-9)16(17)20(27)32-11-6-14(25)19(15(26)7-11)34(29,30)31/h4-9,16-17H,1-3H2,(H,29,30,31). The minimum absolute atomic E-state index is 0.0158. The quantitative estimate of drug-likeness (QED) is 0.156. The number of halogens is 5. The topological polar surface area (TPSA) is 107 Å². The molecule has 2 aromatic carbocycles. The summed E-state index contributed by atoms with van der Waals surface area (Å²) in [5, 5.41) is 0. The van der Waals surface area contributed by atoms with E-state index >= 15 is 0 Å². The lowest BCUT2D eigenvalue weighted by atomic mass is 9.79. The molecule has 182 valence electrons. The maximum absolute atomic E-state index is 13.2. The SMILES string of the molecule is O=C(Oc1cc(I)c(S(=O)(=O)O)c(I)c1)C1C2CCC(C2)C1C(=O)Oc1c(Br)cc(Br)cc1Br. The summed E-state index contributed by atoms with van der Waals surface area (Å²) >= 11 is 13.7. The lowest BCUT2D eigenvalue weighted by Crippen LogP contribution is -2.39. The van der Waals surface area contributed by atoms with Gasteiger partial charge in [-0.15, -0.1) is 0 Å². The van der Waals surface area contributed by atoms with Crippen LogP contribution in [0.1, 0.15) is 19.3 Å². The normalized spacial score (nSPS) is 23.7. The van der Waals surface area contributed by atoms with E-state index in [2.05, 4.69) is 47.8 Å². The van der Waals surface area contributed by atoms with Gasteiger partial charge in [0, 0.05) is 11.6 Å². The summed E-state index contributed by atoms with van der Waals surface area (Å²) < 4.78 is 46.4. The second-order valence-corrected chi connectivity index (χ2v) is 14.4. The first-order valence-electron chi connectivity index (χ1n) is 9.91. The van der Waals surface area contributed by atoms with Gasteiger partial charge in [-0.05, 0) is 132 Å². The van der Waals surface area contributed by atoms with E-state index in [-0.39, 0.29) is 29.6 Å². The van der Waals surface area contributed by atoms with Gasteiger partial charge < -0.3 is 9.47 Å². The molecule has 2 bridgehead atoms. The Morgan fingerprint density at radius 2 is 1.35 bits per heavy atom. The lowest BCUT2D eigenvalue weighted by molar-refractivity contribution is -0.153. The largest absolute Gasteiger partial charge is 0.426 e. The van der Waals surface area contributed by atoms with E-state index in [1.54, 1.807) is 57.3 Å². The highest BCUT2D eigenvalue weighted by Crippen LogP contribution is 2.53. The van der Waals surface area contributed by atoms with Crippen LogP contribution in [-0.4, -0.2) is 24.9 Å². The first kappa shape index (κ1) is 27.2. The average molecular weight is 905 g/mol. The number of esters is 2. The molecule has 4 rings (SSSR count). The summed E-state index contributed by atoms with van der Waals surface area (Å²) in [7, 11) is -4.42. The minimum Gasteiger partial charge on any atom is -0.426 e. The fourth-order valence-corrected chi connectivity index (χ4v) is 11.2. The van der Waals surface area contributed by atoms with Crippen molar-refractivity contribution in [3.05, 3.63) is 44.8 Å². The van der Waals surface area contributed by atoms with Gasteiger partial charge in [0.2, 0.25) is 0 Å². The molecule has 0 saturated heterocycles. The number of fused-ring (bicyclic) bond motifs is 2. The molecule has 0 heterocycles. The summed E-state index contributed by atoms with van der Waals surface area (Å²) in [6, 6.07) is 6.28. The highest BCUT2D eigenvalue weighted by Gasteiger charge is 2.55. The Bertz CT molecular complexity index is 1260. The molecule has 0 aromatic heterocycles. The van der Waals surface area contributed by atoms with E-state index < -0.39 is 33.9 Å². The maximum Gasteiger partial charge on any atom is 0.315 e. The Morgan fingerprint density at radius 3 is 1.82 bits per heavy atom. The molecule has 2 aromatic rings. The Labute approximate surface area is 248 Å². The number of hydrogen-bond donors (Lipinski definition) is 1. The van der Waals surface area contributed by atoms with Crippen LogP contribution in [0.5, 0.6) is 11.5 Å². The Balaban J connectivity index is 1.57. The van der Waals surface area contributed by atoms with Crippen LogP contribution in [0, 0.1) is 30.8 Å². The molecule has 0 aliphatic heterocycles. The van der Waals surface area contributed by atoms with Gasteiger partial charge in [-0.25, -0.2) is 0 Å². The van der Waals surface area contributed by atoms with Crippen molar-refractivity contribution in [1.29, 1.82) is 0 Å². The monoisotopic (exact) mass is 902 g/mol. The zero-order valence-electron chi connectivity index (χ0n) is 16.9. The highest BCUT2D eigenvalue weighted by molar-refractivity contribution is 14.1. The van der Waals surface area contributed by atoms with Crippen LogP contribution in [-0.2, 0) is 19.7 Å². The van der Waals surface area contributed by atoms with Gasteiger partial charge in [-0.3, -0.25) is 14.1 Å². The molecule has 0 radical (unpaired) electrons. The molecule has 2 saturated carbocycles. The Hall–Kier alpha value is 0.190. The van der Waals surface area contributed by atoms with Crippen molar-refractivity contribution in [2.45, 2.75) is 24.2 Å². The number of carbonyl (C=O) groups excluding carboxylic acids is 2. The van der Waals surface area contributed by atoms with E-state index in [4.69, 9.17) is 9.47 Å². The van der Waals surface area contributed by atoms with Crippen LogP contribution in [0.3, 0.4) is 0 Å². The second-order valence-electron chi connectivity index (χ2n) is 8.12. The van der Waals surface area contributed by atoms with Gasteiger partial charge >= 0.3 is 11.9 Å². The molecular weight excluding hydrogens is 890 g/mol. The summed E-state index contributed by atoms with van der Waals surface area (Å²) in [6.45, 7) is 0. The van der Waals surface area contributed by atoms with Gasteiger partial charge in [0.1, 0.15) is 10.6 Å². The first-order chi connectivity index (χ1) is 15.9. The van der Waals surface area contributed by atoms with Crippen molar-refractivity contribution in [3.63, 3.8) is 0 Å². The van der Waals surface area contributed by atoms with E-state index in [0.29, 0.717) is 14.7 Å². The smallest absolute Gasteiger partial charge is 0.315 e. The molecular formula is C21H15Br3I2O7S.